The van der Waals surface area contributed by atoms with E-state index >= 15 is 0 Å². The number of phenols is 1. The summed E-state index contributed by atoms with van der Waals surface area (Å²) < 4.78 is 37.2. The highest BCUT2D eigenvalue weighted by atomic mass is 16.7. The van der Waals surface area contributed by atoms with Gasteiger partial charge in [-0.05, 0) is 67.9 Å². The Morgan fingerprint density at radius 2 is 1.88 bits per heavy atom. The molecular weight excluding hydrogens is 666 g/mol. The number of aliphatic carboxylic acids is 1. The Hall–Kier alpha value is -4.35. The van der Waals surface area contributed by atoms with E-state index < -0.39 is 53.4 Å². The van der Waals surface area contributed by atoms with Crippen molar-refractivity contribution in [1.82, 2.24) is 16.0 Å². The summed E-state index contributed by atoms with van der Waals surface area (Å²) in [6.07, 6.45) is -4.80. The number of hydrogen-bond acceptors (Lipinski definition) is 14. The van der Waals surface area contributed by atoms with Crippen molar-refractivity contribution in [2.24, 2.45) is 0 Å². The van der Waals surface area contributed by atoms with Crippen LogP contribution in [0.25, 0.3) is 11.1 Å². The number of aromatic hydroxyl groups is 1. The number of aliphatic hydroxyl groups excluding tert-OH is 2. The fraction of sp³-hybridized carbons (Fsp3) is 0.472. The summed E-state index contributed by atoms with van der Waals surface area (Å²) in [6.45, 7) is 0.108. The van der Waals surface area contributed by atoms with Crippen LogP contribution < -0.4 is 39.6 Å². The minimum atomic E-state index is -2.48. The van der Waals surface area contributed by atoms with Crippen molar-refractivity contribution in [3.05, 3.63) is 59.2 Å². The summed E-state index contributed by atoms with van der Waals surface area (Å²) >= 11 is 0. The highest BCUT2D eigenvalue weighted by Crippen LogP contribution is 2.66. The third-order valence-electron chi connectivity index (χ3n) is 11.4. The highest BCUT2D eigenvalue weighted by Gasteiger charge is 2.71. The number of carboxylic acid groups (broad SMARTS) is 1. The Morgan fingerprint density at radius 3 is 2.57 bits per heavy atom. The Kier molecular flexibility index (Phi) is 7.85. The van der Waals surface area contributed by atoms with Gasteiger partial charge in [0.2, 0.25) is 17.6 Å². The molecule has 0 saturated carbocycles. The molecule has 0 unspecified atom stereocenters. The maximum atomic E-state index is 12.7. The van der Waals surface area contributed by atoms with E-state index in [9.17, 15) is 30.3 Å². The topological polar surface area (TPSA) is 210 Å². The summed E-state index contributed by atoms with van der Waals surface area (Å²) in [6, 6.07) is 10.9. The zero-order valence-corrected chi connectivity index (χ0v) is 28.4. The first-order chi connectivity index (χ1) is 24.5. The largest absolute Gasteiger partial charge is 0.508 e. The maximum Gasteiger partial charge on any atom is 0.340 e. The molecule has 0 amide bonds. The third-order valence-corrected chi connectivity index (χ3v) is 11.4. The van der Waals surface area contributed by atoms with Crippen LogP contribution >= 0.6 is 0 Å². The molecule has 8 rings (SSSR count). The number of fused-ring (bicyclic) bond motifs is 4. The number of benzene rings is 3. The molecule has 15 nitrogen and oxygen atoms in total. The molecule has 51 heavy (non-hydrogen) atoms. The zero-order valence-electron chi connectivity index (χ0n) is 28.4. The van der Waals surface area contributed by atoms with E-state index in [-0.39, 0.29) is 30.7 Å². The molecule has 8 N–H and O–H groups in total. The van der Waals surface area contributed by atoms with Crippen LogP contribution in [0.1, 0.15) is 41.7 Å². The molecular formula is C36H41N3O12. The summed E-state index contributed by atoms with van der Waals surface area (Å²) in [5.74, 6) is 0.529. The van der Waals surface area contributed by atoms with Crippen LogP contribution in [-0.2, 0) is 14.9 Å². The van der Waals surface area contributed by atoms with E-state index in [1.54, 1.807) is 44.6 Å². The summed E-state index contributed by atoms with van der Waals surface area (Å²) in [5, 5.41) is 63.6. The standard InChI is InChI=1S/C36H41N3O12/c1-37-21-8-9-34-15-48-22-12-18(49-31-29(41)36(45)32(42)35(51-31,33(43)44)24(38-2)14-39-36)11-19(16-6-5-7-17(40)10-16)25(22)30(34)50-28-26(34)20(21)13-23(46-3)27(28)47-4/h5-7,10-13,21,24,29-32,37-42,45H,8-9,14-15H2,1-4H3,(H,43,44)/t21-,24+,29-,30-,31-,32+,34-,35-,36-/m0/s1. The molecule has 1 aliphatic carbocycles. The molecule has 3 aromatic rings. The van der Waals surface area contributed by atoms with Crippen molar-refractivity contribution in [2.45, 2.75) is 66.3 Å². The van der Waals surface area contributed by atoms with E-state index in [1.165, 1.54) is 7.05 Å². The fourth-order valence-electron chi connectivity index (χ4n) is 8.85. The number of phenolic OH excluding ortho intramolecular Hbond substituents is 1. The summed E-state index contributed by atoms with van der Waals surface area (Å²) in [4.78, 5) is 12.7. The van der Waals surface area contributed by atoms with Crippen LogP contribution in [0.15, 0.2) is 42.5 Å². The third kappa shape index (κ3) is 4.52. The first kappa shape index (κ1) is 33.8. The molecule has 2 saturated heterocycles. The normalized spacial score (nSPS) is 34.3. The maximum absolute atomic E-state index is 12.7. The van der Waals surface area contributed by atoms with Gasteiger partial charge in [-0.2, -0.15) is 0 Å². The lowest BCUT2D eigenvalue weighted by molar-refractivity contribution is -0.362. The molecule has 2 fully saturated rings. The highest BCUT2D eigenvalue weighted by molar-refractivity contribution is 5.81. The first-order valence-corrected chi connectivity index (χ1v) is 16.8. The number of rotatable bonds is 8. The number of hydrogen-bond donors (Lipinski definition) is 8. The SMILES string of the molecule is CN[C@H]1CC[C@@]23COc4cc(O[C@H]5O[C@@]6(C(=O)O)[C@H](NC)CN[C@](O)([C@H]5O)[C@@H]6O)cc(-c5cccc(O)c5)c4[C@@H]2Oc2c(OC)c(OC)cc1c23. The number of nitrogens with one attached hydrogen (secondary N) is 3. The van der Waals surface area contributed by atoms with Crippen LogP contribution in [0.2, 0.25) is 0 Å². The van der Waals surface area contributed by atoms with Crippen molar-refractivity contribution in [3.8, 4) is 45.6 Å². The van der Waals surface area contributed by atoms with Gasteiger partial charge in [0.05, 0.1) is 25.7 Å². The van der Waals surface area contributed by atoms with Gasteiger partial charge in [0, 0.05) is 29.8 Å². The first-order valence-electron chi connectivity index (χ1n) is 16.8. The van der Waals surface area contributed by atoms with Crippen LogP contribution in [0.3, 0.4) is 0 Å². The second kappa shape index (κ2) is 11.8. The molecule has 15 heteroatoms. The van der Waals surface area contributed by atoms with Crippen LogP contribution in [0.5, 0.6) is 34.5 Å². The predicted octanol–water partition coefficient (Wildman–Crippen LogP) is 1.05. The van der Waals surface area contributed by atoms with Gasteiger partial charge in [0.15, 0.2) is 23.3 Å². The Morgan fingerprint density at radius 1 is 1.08 bits per heavy atom. The number of ether oxygens (including phenoxy) is 6. The average Bonchev–Trinajstić information content (AvgIpc) is 3.48. The van der Waals surface area contributed by atoms with E-state index in [1.807, 2.05) is 19.2 Å². The lowest BCUT2D eigenvalue weighted by atomic mass is 9.64. The van der Waals surface area contributed by atoms with Gasteiger partial charge >= 0.3 is 5.97 Å². The van der Waals surface area contributed by atoms with Gasteiger partial charge in [-0.1, -0.05) is 12.1 Å². The lowest BCUT2D eigenvalue weighted by Gasteiger charge is -2.58. The van der Waals surface area contributed by atoms with Gasteiger partial charge in [-0.25, -0.2) is 4.79 Å². The molecule has 2 bridgehead atoms. The minimum absolute atomic E-state index is 0.0144. The summed E-state index contributed by atoms with van der Waals surface area (Å²) in [7, 11) is 6.56. The Balaban J connectivity index is 1.27. The van der Waals surface area contributed by atoms with Gasteiger partial charge < -0.3 is 64.6 Å². The molecule has 272 valence electrons. The second-order valence-corrected chi connectivity index (χ2v) is 13.8. The van der Waals surface area contributed by atoms with Crippen molar-refractivity contribution < 1.29 is 58.7 Å². The molecule has 0 aromatic heterocycles. The molecule has 1 spiro atoms. The molecule has 4 aliphatic heterocycles. The number of methoxy groups -OCH3 is 2. The smallest absolute Gasteiger partial charge is 0.340 e. The van der Waals surface area contributed by atoms with Crippen molar-refractivity contribution in [3.63, 3.8) is 0 Å². The van der Waals surface area contributed by atoms with Crippen LogP contribution in [0.4, 0.5) is 0 Å². The van der Waals surface area contributed by atoms with E-state index in [4.69, 9.17) is 28.4 Å². The quantitative estimate of drug-likeness (QED) is 0.165. The number of likely N-dealkylation sites (N-methyl/N-ethyl adjacent to an activating group) is 1. The Labute approximate surface area is 293 Å². The fourth-order valence-corrected chi connectivity index (χ4v) is 8.85. The van der Waals surface area contributed by atoms with E-state index in [0.717, 1.165) is 24.0 Å². The van der Waals surface area contributed by atoms with Gasteiger partial charge in [-0.3, -0.25) is 5.32 Å². The van der Waals surface area contributed by atoms with E-state index in [0.29, 0.717) is 39.7 Å². The number of aliphatic hydroxyl groups is 3. The zero-order chi connectivity index (χ0) is 36.0. The molecule has 5 aliphatic rings. The van der Waals surface area contributed by atoms with Gasteiger partial charge in [-0.15, -0.1) is 0 Å². The second-order valence-electron chi connectivity index (χ2n) is 13.8. The number of carbonyl (C=O) groups is 1. The number of carboxylic acids is 1. The Bertz CT molecular complexity index is 1910. The van der Waals surface area contributed by atoms with Crippen molar-refractivity contribution in [1.29, 1.82) is 0 Å². The molecule has 0 radical (unpaired) electrons. The van der Waals surface area contributed by atoms with E-state index in [2.05, 4.69) is 16.0 Å². The minimum Gasteiger partial charge on any atom is -0.508 e. The van der Waals surface area contributed by atoms with Crippen molar-refractivity contribution >= 4 is 5.97 Å². The molecule has 9 atom stereocenters. The van der Waals surface area contributed by atoms with Gasteiger partial charge in [0.1, 0.15) is 36.1 Å². The monoisotopic (exact) mass is 707 g/mol. The lowest BCUT2D eigenvalue weighted by Crippen LogP contribution is -2.87. The summed E-state index contributed by atoms with van der Waals surface area (Å²) in [5.41, 5.74) is -1.61. The van der Waals surface area contributed by atoms with Crippen LogP contribution in [-0.4, -0.2) is 109 Å². The van der Waals surface area contributed by atoms with Crippen LogP contribution in [0, 0.1) is 0 Å². The number of piperidine rings is 1. The van der Waals surface area contributed by atoms with Crippen molar-refractivity contribution in [2.75, 3.05) is 41.5 Å². The average molecular weight is 708 g/mol. The van der Waals surface area contributed by atoms with Gasteiger partial charge in [0.25, 0.3) is 0 Å². The molecule has 3 aromatic carbocycles. The molecule has 4 heterocycles. The predicted molar refractivity (Wildman–Crippen MR) is 178 cm³/mol.